The van der Waals surface area contributed by atoms with Gasteiger partial charge in [-0.1, -0.05) is 28.0 Å². The lowest BCUT2D eigenvalue weighted by Gasteiger charge is -2.43. The number of pyridine rings is 2. The summed E-state index contributed by atoms with van der Waals surface area (Å²) in [6, 6.07) is 11.8. The van der Waals surface area contributed by atoms with Crippen molar-refractivity contribution in [2.75, 3.05) is 29.2 Å². The van der Waals surface area contributed by atoms with Gasteiger partial charge in [0, 0.05) is 25.5 Å². The van der Waals surface area contributed by atoms with E-state index < -0.39 is 39.8 Å². The summed E-state index contributed by atoms with van der Waals surface area (Å²) in [5.41, 5.74) is 1.65. The Bertz CT molecular complexity index is 2590. The van der Waals surface area contributed by atoms with E-state index in [-0.39, 0.29) is 55.2 Å². The van der Waals surface area contributed by atoms with Crippen molar-refractivity contribution >= 4 is 116 Å². The van der Waals surface area contributed by atoms with E-state index in [4.69, 9.17) is 37.0 Å². The third-order valence-electron chi connectivity index (χ3n) is 10.4. The number of hydrogen-bond donors (Lipinski definition) is 3. The highest BCUT2D eigenvalue weighted by molar-refractivity contribution is 7.81. The predicted octanol–water partition coefficient (Wildman–Crippen LogP) is 10.2. The normalized spacial score (nSPS) is 14.5. The molecule has 2 saturated carbocycles. The van der Waals surface area contributed by atoms with E-state index in [2.05, 4.69) is 58.0 Å². The number of nitrogens with one attached hydrogen (secondary N) is 3. The van der Waals surface area contributed by atoms with Crippen LogP contribution in [0.25, 0.3) is 9.69 Å². The van der Waals surface area contributed by atoms with E-state index in [1.165, 1.54) is 55.7 Å². The van der Waals surface area contributed by atoms with Crippen LogP contribution in [0.4, 0.5) is 43.2 Å². The van der Waals surface area contributed by atoms with Crippen molar-refractivity contribution in [2.24, 2.45) is 4.99 Å². The molecule has 64 heavy (non-hydrogen) atoms. The number of thiocarbonyl (C=S) groups is 2. The molecule has 3 N–H and O–H groups in total. The summed E-state index contributed by atoms with van der Waals surface area (Å²) < 4.78 is 28.4. The number of nitrogens with zero attached hydrogens (tertiary/aromatic N) is 7. The molecule has 0 atom stereocenters. The molecular formula is C44H46Cl2F2N10O4S2. The summed E-state index contributed by atoms with van der Waals surface area (Å²) in [6.45, 7) is 17.5. The Hall–Kier alpha value is -6.27. The Morgan fingerprint density at radius 2 is 1.38 bits per heavy atom. The van der Waals surface area contributed by atoms with Crippen LogP contribution in [0.3, 0.4) is 0 Å². The second kappa shape index (κ2) is 22.9. The molecule has 2 aromatic carbocycles. The van der Waals surface area contributed by atoms with Gasteiger partial charge in [-0.15, -0.1) is 22.4 Å². The Kier molecular flexibility index (Phi) is 19.3. The summed E-state index contributed by atoms with van der Waals surface area (Å²) in [7, 11) is 2.87. The number of aryl methyl sites for hydroxylation is 2. The van der Waals surface area contributed by atoms with Crippen molar-refractivity contribution in [2.45, 2.75) is 78.3 Å². The highest BCUT2D eigenvalue weighted by Crippen LogP contribution is 2.48. The Morgan fingerprint density at radius 1 is 0.844 bits per heavy atom. The van der Waals surface area contributed by atoms with E-state index in [9.17, 15) is 28.0 Å². The molecule has 0 bridgehead atoms. The topological polar surface area (TPSA) is 158 Å². The van der Waals surface area contributed by atoms with Gasteiger partial charge in [0.1, 0.15) is 40.8 Å². The van der Waals surface area contributed by atoms with Crippen molar-refractivity contribution in [1.29, 1.82) is 0 Å². The van der Waals surface area contributed by atoms with Crippen LogP contribution >= 0.6 is 48.4 Å². The molecule has 7 rings (SSSR count). The highest BCUT2D eigenvalue weighted by atomic mass is 35.5. The van der Waals surface area contributed by atoms with Crippen molar-refractivity contribution in [3.05, 3.63) is 118 Å². The minimum Gasteiger partial charge on any atom is -0.372 e. The maximum atomic E-state index is 14.6. The fourth-order valence-corrected chi connectivity index (χ4v) is 7.64. The second-order valence-corrected chi connectivity index (χ2v) is 15.0. The molecule has 14 nitrogen and oxygen atoms in total. The first-order chi connectivity index (χ1) is 29.1. The zero-order chi connectivity index (χ0) is 44.6. The highest BCUT2D eigenvalue weighted by Gasteiger charge is 2.60. The molecule has 3 heterocycles. The zero-order valence-electron chi connectivity index (χ0n) is 33.6. The molecule has 336 valence electrons. The van der Waals surface area contributed by atoms with E-state index in [1.54, 1.807) is 36.1 Å². The van der Waals surface area contributed by atoms with Gasteiger partial charge in [-0.3, -0.25) is 24.1 Å². The molecule has 4 aromatic rings. The van der Waals surface area contributed by atoms with Gasteiger partial charge in [-0.05, 0) is 148 Å². The Balaban J connectivity index is 0.000000357. The Labute approximate surface area is 392 Å². The number of halogens is 4. The standard InChI is InChI=1S/C21H18FN5O2S.C13H14ClFN2O2.C8H5N3S.2CH4.ClH/c1-12-9-14(11-25-17(12)23-2)26-19(29)21(7-4-8-21)27(20(26)30)13-5-6-15(16(22)10-13)18(28)24-3;1-16-11(18)9-4-3-8(7-10(9)15)17-13(12(14)19)5-2-6-13;1-6-3-7(11-5-12)4-10-8(6)9-2;;;/h5-6,9-11H,4,7-8H2,1,3H3,(H,24,28);3-4,7,17H,2,5-6H2,1H3,(H,16,18);3-4H,1H3;2*1H4;1H. The summed E-state index contributed by atoms with van der Waals surface area (Å²) in [4.78, 5) is 69.4. The van der Waals surface area contributed by atoms with Crippen LogP contribution in [0, 0.1) is 38.6 Å². The third kappa shape index (κ3) is 10.9. The van der Waals surface area contributed by atoms with Gasteiger partial charge < -0.3 is 30.5 Å². The van der Waals surface area contributed by atoms with Crippen LogP contribution in [-0.4, -0.2) is 68.4 Å². The van der Waals surface area contributed by atoms with E-state index in [1.807, 2.05) is 6.92 Å². The van der Waals surface area contributed by atoms with Crippen LogP contribution in [0.1, 0.15) is 85.2 Å². The van der Waals surface area contributed by atoms with Crippen molar-refractivity contribution < 1.29 is 28.0 Å². The molecule has 3 amide bonds. The monoisotopic (exact) mass is 950 g/mol. The summed E-state index contributed by atoms with van der Waals surface area (Å²) in [5, 5.41) is 9.72. The van der Waals surface area contributed by atoms with Crippen LogP contribution in [-0.2, 0) is 9.59 Å². The third-order valence-corrected chi connectivity index (χ3v) is 11.2. The summed E-state index contributed by atoms with van der Waals surface area (Å²) in [5.74, 6) is -1.87. The number of aliphatic imine (C=N–C) groups is 1. The first-order valence-electron chi connectivity index (χ1n) is 18.6. The minimum absolute atomic E-state index is 0. The number of anilines is 3. The van der Waals surface area contributed by atoms with Crippen LogP contribution in [0.2, 0.25) is 0 Å². The lowest BCUT2D eigenvalue weighted by molar-refractivity contribution is -0.124. The lowest BCUT2D eigenvalue weighted by Crippen LogP contribution is -2.55. The number of benzene rings is 2. The van der Waals surface area contributed by atoms with Crippen LogP contribution in [0.5, 0.6) is 0 Å². The quantitative estimate of drug-likeness (QED) is 0.0672. The molecule has 0 radical (unpaired) electrons. The summed E-state index contributed by atoms with van der Waals surface area (Å²) >= 11 is 15.7. The average Bonchev–Trinajstić information content (AvgIpc) is 3.45. The molecule has 1 saturated heterocycles. The van der Waals surface area contributed by atoms with Crippen molar-refractivity contribution in [3.63, 3.8) is 0 Å². The fourth-order valence-electron chi connectivity index (χ4n) is 6.83. The van der Waals surface area contributed by atoms with E-state index in [0.717, 1.165) is 18.4 Å². The average molecular weight is 952 g/mol. The van der Waals surface area contributed by atoms with E-state index in [0.29, 0.717) is 59.8 Å². The van der Waals surface area contributed by atoms with Gasteiger partial charge in [0.15, 0.2) is 5.11 Å². The zero-order valence-corrected chi connectivity index (χ0v) is 36.8. The van der Waals surface area contributed by atoms with Gasteiger partial charge in [0.25, 0.3) is 29.4 Å². The van der Waals surface area contributed by atoms with Crippen molar-refractivity contribution in [3.8, 4) is 0 Å². The van der Waals surface area contributed by atoms with Gasteiger partial charge in [0.2, 0.25) is 5.24 Å². The van der Waals surface area contributed by atoms with Gasteiger partial charge in [0.05, 0.1) is 22.0 Å². The van der Waals surface area contributed by atoms with Crippen LogP contribution < -0.4 is 25.8 Å². The van der Waals surface area contributed by atoms with Gasteiger partial charge in [-0.25, -0.2) is 8.78 Å². The number of hydrogen-bond acceptors (Lipinski definition) is 10. The number of amides is 3. The summed E-state index contributed by atoms with van der Waals surface area (Å²) in [6.07, 6.45) is 7.16. The maximum absolute atomic E-state index is 14.6. The molecule has 2 aliphatic carbocycles. The molecule has 1 spiro atoms. The number of carbonyl (C=O) groups is 4. The number of carbonyl (C=O) groups excluding carboxylic acids is 4. The number of aromatic nitrogens is 2. The van der Waals surface area contributed by atoms with Gasteiger partial charge >= 0.3 is 0 Å². The molecule has 0 unspecified atom stereocenters. The largest absolute Gasteiger partial charge is 0.372 e. The Morgan fingerprint density at radius 3 is 1.80 bits per heavy atom. The number of rotatable bonds is 8. The first kappa shape index (κ1) is 53.9. The molecule has 2 aromatic heterocycles. The lowest BCUT2D eigenvalue weighted by atomic mass is 9.75. The van der Waals surface area contributed by atoms with Gasteiger partial charge in [-0.2, -0.15) is 4.99 Å². The first-order valence-corrected chi connectivity index (χ1v) is 19.8. The predicted molar refractivity (Wildman–Crippen MR) is 256 cm³/mol. The minimum atomic E-state index is -0.871. The molecule has 3 aliphatic rings. The molecular weight excluding hydrogens is 906 g/mol. The molecule has 20 heteroatoms. The second-order valence-electron chi connectivity index (χ2n) is 14.1. The maximum Gasteiger partial charge on any atom is 0.272 e. The van der Waals surface area contributed by atoms with E-state index >= 15 is 0 Å². The molecule has 1 aliphatic heterocycles. The van der Waals surface area contributed by atoms with Crippen LogP contribution in [0.15, 0.2) is 65.9 Å². The fraction of sp³-hybridized carbons (Fsp3) is 0.318. The SMILES string of the molecule is C.C.CNC(=O)c1ccc(NC2(C(=O)Cl)CCC2)cc1F.Cl.[C-]#[N+]c1ncc(N2C(=O)C3(CCC3)N(c3ccc(C(=O)NC)c(F)c3)C2=S)cc1C.[C-]#[N+]c1ncc(N=C=S)cc1C. The van der Waals surface area contributed by atoms with Crippen molar-refractivity contribution in [1.82, 2.24) is 20.6 Å². The molecule has 3 fully saturated rings. The smallest absolute Gasteiger partial charge is 0.272 e. The number of isothiocyanates is 1.